The lowest BCUT2D eigenvalue weighted by Crippen LogP contribution is -2.48. The minimum Gasteiger partial charge on any atom is -0.355 e. The van der Waals surface area contributed by atoms with Crippen LogP contribution in [-0.2, 0) is 6.54 Å². The minimum absolute atomic E-state index is 0.0401. The fraction of sp³-hybridized carbons (Fsp3) is 0.222. The first-order valence-corrected chi connectivity index (χ1v) is 11.5. The maximum atomic E-state index is 13.3. The number of benzene rings is 3. The van der Waals surface area contributed by atoms with Crippen molar-refractivity contribution < 1.29 is 9.32 Å². The van der Waals surface area contributed by atoms with E-state index in [-0.39, 0.29) is 5.91 Å². The van der Waals surface area contributed by atoms with Crippen molar-refractivity contribution in [2.45, 2.75) is 13.5 Å². The van der Waals surface area contributed by atoms with E-state index in [0.717, 1.165) is 35.6 Å². The van der Waals surface area contributed by atoms with Crippen molar-refractivity contribution in [3.05, 3.63) is 95.9 Å². The van der Waals surface area contributed by atoms with Gasteiger partial charge in [0, 0.05) is 37.4 Å². The molecule has 1 aliphatic heterocycles. The summed E-state index contributed by atoms with van der Waals surface area (Å²) in [4.78, 5) is 22.0. The number of aromatic nitrogens is 2. The van der Waals surface area contributed by atoms with Crippen LogP contribution in [-0.4, -0.2) is 52.0 Å². The molecule has 0 unspecified atom stereocenters. The number of carbonyl (C=O) groups is 1. The summed E-state index contributed by atoms with van der Waals surface area (Å²) in [6.45, 7) is 5.42. The SMILES string of the molecule is Cc1ccccc1-c1noc(CN2CCN(C(=O)c3ccccc3Nc3ccccc3)CC2)n1. The number of anilines is 2. The van der Waals surface area contributed by atoms with Crippen LogP contribution in [0.15, 0.2) is 83.4 Å². The Kier molecular flexibility index (Phi) is 6.35. The van der Waals surface area contributed by atoms with Crippen molar-refractivity contribution in [1.82, 2.24) is 19.9 Å². The molecule has 1 saturated heterocycles. The van der Waals surface area contributed by atoms with E-state index in [1.54, 1.807) is 0 Å². The Morgan fingerprint density at radius 2 is 1.62 bits per heavy atom. The fourth-order valence-electron chi connectivity index (χ4n) is 4.18. The average Bonchev–Trinajstić information content (AvgIpc) is 3.33. The number of aryl methyl sites for hydroxylation is 1. The van der Waals surface area contributed by atoms with Gasteiger partial charge in [0.2, 0.25) is 11.7 Å². The molecule has 0 saturated carbocycles. The van der Waals surface area contributed by atoms with Gasteiger partial charge in [-0.3, -0.25) is 9.69 Å². The summed E-state index contributed by atoms with van der Waals surface area (Å²) >= 11 is 0. The Bertz CT molecular complexity index is 1260. The van der Waals surface area contributed by atoms with Crippen molar-refractivity contribution in [1.29, 1.82) is 0 Å². The standard InChI is InChI=1S/C27H27N5O2/c1-20-9-5-6-12-22(20)26-29-25(34-30-26)19-31-15-17-32(18-16-31)27(33)23-13-7-8-14-24(23)28-21-10-3-2-4-11-21/h2-14,28H,15-19H2,1H3. The second kappa shape index (κ2) is 9.89. The molecular weight excluding hydrogens is 426 g/mol. The predicted molar refractivity (Wildman–Crippen MR) is 132 cm³/mol. The highest BCUT2D eigenvalue weighted by molar-refractivity contribution is 6.00. The number of hydrogen-bond donors (Lipinski definition) is 1. The van der Waals surface area contributed by atoms with Crippen LogP contribution in [0, 0.1) is 6.92 Å². The molecule has 1 fully saturated rings. The van der Waals surface area contributed by atoms with E-state index < -0.39 is 0 Å². The number of amides is 1. The first-order valence-electron chi connectivity index (χ1n) is 11.5. The van der Waals surface area contributed by atoms with Gasteiger partial charge in [0.25, 0.3) is 5.91 Å². The summed E-state index contributed by atoms with van der Waals surface area (Å²) in [5, 5.41) is 7.52. The number of nitrogens with zero attached hydrogens (tertiary/aromatic N) is 4. The van der Waals surface area contributed by atoms with Crippen LogP contribution in [0.4, 0.5) is 11.4 Å². The summed E-state index contributed by atoms with van der Waals surface area (Å²) in [5.74, 6) is 1.25. The van der Waals surface area contributed by atoms with E-state index in [0.29, 0.717) is 36.9 Å². The third-order valence-corrected chi connectivity index (χ3v) is 6.08. The molecule has 34 heavy (non-hydrogen) atoms. The molecule has 1 aliphatic rings. The lowest BCUT2D eigenvalue weighted by atomic mass is 10.1. The van der Waals surface area contributed by atoms with Gasteiger partial charge in [0.05, 0.1) is 17.8 Å². The lowest BCUT2D eigenvalue weighted by molar-refractivity contribution is 0.0616. The van der Waals surface area contributed by atoms with Crippen LogP contribution in [0.1, 0.15) is 21.8 Å². The van der Waals surface area contributed by atoms with E-state index in [9.17, 15) is 4.79 Å². The molecule has 0 spiro atoms. The lowest BCUT2D eigenvalue weighted by Gasteiger charge is -2.34. The van der Waals surface area contributed by atoms with Crippen LogP contribution in [0.25, 0.3) is 11.4 Å². The van der Waals surface area contributed by atoms with Gasteiger partial charge in [-0.05, 0) is 36.8 Å². The molecule has 7 heteroatoms. The molecule has 172 valence electrons. The molecule has 0 radical (unpaired) electrons. The van der Waals surface area contributed by atoms with Crippen molar-refractivity contribution in [2.24, 2.45) is 0 Å². The largest absolute Gasteiger partial charge is 0.355 e. The van der Waals surface area contributed by atoms with E-state index in [1.165, 1.54) is 0 Å². The maximum Gasteiger partial charge on any atom is 0.256 e. The van der Waals surface area contributed by atoms with Crippen molar-refractivity contribution >= 4 is 17.3 Å². The molecule has 3 aromatic carbocycles. The van der Waals surface area contributed by atoms with Gasteiger partial charge in [0.15, 0.2) is 0 Å². The van der Waals surface area contributed by atoms with E-state index >= 15 is 0 Å². The Balaban J connectivity index is 1.20. The molecule has 2 heterocycles. The summed E-state index contributed by atoms with van der Waals surface area (Å²) in [6.07, 6.45) is 0. The molecule has 5 rings (SSSR count). The van der Waals surface area contributed by atoms with Gasteiger partial charge in [-0.1, -0.05) is 59.8 Å². The minimum atomic E-state index is 0.0401. The predicted octanol–water partition coefficient (Wildman–Crippen LogP) is 4.75. The van der Waals surface area contributed by atoms with Crippen LogP contribution in [0.5, 0.6) is 0 Å². The highest BCUT2D eigenvalue weighted by Gasteiger charge is 2.25. The number of nitrogens with one attached hydrogen (secondary N) is 1. The molecule has 4 aromatic rings. The quantitative estimate of drug-likeness (QED) is 0.454. The summed E-state index contributed by atoms with van der Waals surface area (Å²) in [6, 6.07) is 25.6. The number of para-hydroxylation sites is 2. The summed E-state index contributed by atoms with van der Waals surface area (Å²) in [5.41, 5.74) is 4.55. The topological polar surface area (TPSA) is 74.5 Å². The smallest absolute Gasteiger partial charge is 0.256 e. The zero-order valence-electron chi connectivity index (χ0n) is 19.1. The van der Waals surface area contributed by atoms with Gasteiger partial charge in [-0.2, -0.15) is 4.98 Å². The number of rotatable bonds is 6. The zero-order valence-corrected chi connectivity index (χ0v) is 19.1. The Hall–Kier alpha value is -3.97. The van der Waals surface area contributed by atoms with Gasteiger partial charge in [-0.25, -0.2) is 0 Å². The molecule has 1 amide bonds. The van der Waals surface area contributed by atoms with Gasteiger partial charge in [-0.15, -0.1) is 0 Å². The first kappa shape index (κ1) is 21.9. The highest BCUT2D eigenvalue weighted by atomic mass is 16.5. The van der Waals surface area contributed by atoms with Crippen LogP contribution in [0.3, 0.4) is 0 Å². The molecule has 7 nitrogen and oxygen atoms in total. The average molecular weight is 454 g/mol. The number of carbonyl (C=O) groups excluding carboxylic acids is 1. The van der Waals surface area contributed by atoms with Crippen molar-refractivity contribution in [2.75, 3.05) is 31.5 Å². The third kappa shape index (κ3) is 4.84. The van der Waals surface area contributed by atoms with Gasteiger partial charge < -0.3 is 14.7 Å². The van der Waals surface area contributed by atoms with E-state index in [1.807, 2.05) is 90.7 Å². The number of piperazine rings is 1. The summed E-state index contributed by atoms with van der Waals surface area (Å²) < 4.78 is 5.50. The van der Waals surface area contributed by atoms with E-state index in [2.05, 4.69) is 20.4 Å². The third-order valence-electron chi connectivity index (χ3n) is 6.08. The Labute approximate surface area is 199 Å². The zero-order chi connectivity index (χ0) is 23.3. The summed E-state index contributed by atoms with van der Waals surface area (Å²) in [7, 11) is 0. The van der Waals surface area contributed by atoms with E-state index in [4.69, 9.17) is 4.52 Å². The second-order valence-electron chi connectivity index (χ2n) is 8.43. The highest BCUT2D eigenvalue weighted by Crippen LogP contribution is 2.23. The normalized spacial score (nSPS) is 14.2. The Morgan fingerprint density at radius 3 is 2.41 bits per heavy atom. The second-order valence-corrected chi connectivity index (χ2v) is 8.43. The molecule has 0 bridgehead atoms. The molecular formula is C27H27N5O2. The van der Waals surface area contributed by atoms with Gasteiger partial charge in [0.1, 0.15) is 0 Å². The van der Waals surface area contributed by atoms with Crippen LogP contribution >= 0.6 is 0 Å². The Morgan fingerprint density at radius 1 is 0.912 bits per heavy atom. The van der Waals surface area contributed by atoms with Crippen molar-refractivity contribution in [3.8, 4) is 11.4 Å². The van der Waals surface area contributed by atoms with Gasteiger partial charge >= 0.3 is 0 Å². The monoisotopic (exact) mass is 453 g/mol. The van der Waals surface area contributed by atoms with Crippen LogP contribution in [0.2, 0.25) is 0 Å². The molecule has 0 aliphatic carbocycles. The first-order chi connectivity index (χ1) is 16.7. The fourth-order valence-corrected chi connectivity index (χ4v) is 4.18. The van der Waals surface area contributed by atoms with Crippen molar-refractivity contribution in [3.63, 3.8) is 0 Å². The maximum absolute atomic E-state index is 13.3. The molecule has 1 aromatic heterocycles. The number of hydrogen-bond acceptors (Lipinski definition) is 6. The molecule has 1 N–H and O–H groups in total. The van der Waals surface area contributed by atoms with Crippen LogP contribution < -0.4 is 5.32 Å². The molecule has 0 atom stereocenters.